The van der Waals surface area contributed by atoms with Crippen molar-refractivity contribution >= 4 is 26.7 Å². The van der Waals surface area contributed by atoms with Crippen molar-refractivity contribution in [3.63, 3.8) is 0 Å². The van der Waals surface area contributed by atoms with Gasteiger partial charge < -0.3 is 10.1 Å². The molecule has 3 rings (SSSR count). The molecule has 0 bridgehead atoms. The molecule has 0 aliphatic heterocycles. The number of hydrogen-bond donors (Lipinski definition) is 2. The predicted molar refractivity (Wildman–Crippen MR) is 90.7 cm³/mol. The summed E-state index contributed by atoms with van der Waals surface area (Å²) >= 11 is 3.48. The van der Waals surface area contributed by atoms with Crippen molar-refractivity contribution in [1.82, 2.24) is 4.98 Å². The van der Waals surface area contributed by atoms with Crippen LogP contribution in [0.15, 0.2) is 40.9 Å². The van der Waals surface area contributed by atoms with Gasteiger partial charge in [-0.2, -0.15) is 0 Å². The highest BCUT2D eigenvalue weighted by Crippen LogP contribution is 2.30. The lowest BCUT2D eigenvalue weighted by molar-refractivity contribution is 0.215. The lowest BCUT2D eigenvalue weighted by atomic mass is 9.99. The van der Waals surface area contributed by atoms with E-state index in [-0.39, 0.29) is 0 Å². The van der Waals surface area contributed by atoms with Gasteiger partial charge in [0, 0.05) is 10.2 Å². The number of nitrogens with one attached hydrogen (secondary N) is 1. The van der Waals surface area contributed by atoms with E-state index in [0.29, 0.717) is 0 Å². The van der Waals surface area contributed by atoms with Crippen molar-refractivity contribution in [2.45, 2.75) is 26.9 Å². The standard InChI is InChI=1S/C18H18BrNO/c1-10-11(2)17(20-12(10)3)18(21)15-5-4-14-9-16(19)7-6-13(14)8-15/h4-9,18,20-21H,1-3H3. The average Bonchev–Trinajstić information content (AvgIpc) is 2.73. The third kappa shape index (κ3) is 2.52. The van der Waals surface area contributed by atoms with E-state index in [0.717, 1.165) is 37.8 Å². The summed E-state index contributed by atoms with van der Waals surface area (Å²) in [5, 5.41) is 13.0. The Morgan fingerprint density at radius 1 is 0.952 bits per heavy atom. The molecule has 0 aliphatic carbocycles. The number of aromatic nitrogens is 1. The Labute approximate surface area is 133 Å². The van der Waals surface area contributed by atoms with E-state index in [4.69, 9.17) is 0 Å². The molecule has 108 valence electrons. The van der Waals surface area contributed by atoms with E-state index in [2.05, 4.69) is 59.0 Å². The van der Waals surface area contributed by atoms with Crippen LogP contribution in [-0.2, 0) is 0 Å². The lowest BCUT2D eigenvalue weighted by Gasteiger charge is -2.12. The molecule has 2 aromatic carbocycles. The number of benzene rings is 2. The fourth-order valence-corrected chi connectivity index (χ4v) is 3.10. The summed E-state index contributed by atoms with van der Waals surface area (Å²) in [7, 11) is 0. The van der Waals surface area contributed by atoms with Gasteiger partial charge >= 0.3 is 0 Å². The van der Waals surface area contributed by atoms with Gasteiger partial charge in [0.15, 0.2) is 0 Å². The van der Waals surface area contributed by atoms with Crippen LogP contribution in [-0.4, -0.2) is 10.1 Å². The highest BCUT2D eigenvalue weighted by molar-refractivity contribution is 9.10. The summed E-state index contributed by atoms with van der Waals surface area (Å²) in [6.07, 6.45) is -0.620. The summed E-state index contributed by atoms with van der Waals surface area (Å²) in [6, 6.07) is 12.3. The van der Waals surface area contributed by atoms with Gasteiger partial charge in [-0.1, -0.05) is 34.1 Å². The number of aliphatic hydroxyl groups excluding tert-OH is 1. The molecule has 2 N–H and O–H groups in total. The minimum Gasteiger partial charge on any atom is -0.382 e. The molecule has 0 amide bonds. The third-order valence-electron chi connectivity index (χ3n) is 4.27. The van der Waals surface area contributed by atoms with E-state index >= 15 is 0 Å². The molecular weight excluding hydrogens is 326 g/mol. The van der Waals surface area contributed by atoms with Crippen LogP contribution in [0.3, 0.4) is 0 Å². The average molecular weight is 344 g/mol. The van der Waals surface area contributed by atoms with Gasteiger partial charge in [-0.25, -0.2) is 0 Å². The normalized spacial score (nSPS) is 12.8. The Morgan fingerprint density at radius 2 is 1.62 bits per heavy atom. The highest BCUT2D eigenvalue weighted by Gasteiger charge is 2.17. The molecule has 0 saturated carbocycles. The smallest absolute Gasteiger partial charge is 0.119 e. The summed E-state index contributed by atoms with van der Waals surface area (Å²) in [4.78, 5) is 3.31. The molecule has 2 nitrogen and oxygen atoms in total. The molecule has 21 heavy (non-hydrogen) atoms. The summed E-state index contributed by atoms with van der Waals surface area (Å²) in [5.41, 5.74) is 5.27. The van der Waals surface area contributed by atoms with Gasteiger partial charge in [-0.05, 0) is 66.4 Å². The second-order valence-electron chi connectivity index (χ2n) is 5.57. The molecule has 1 unspecified atom stereocenters. The fraction of sp³-hybridized carbons (Fsp3) is 0.222. The molecule has 0 aliphatic rings. The lowest BCUT2D eigenvalue weighted by Crippen LogP contribution is -2.02. The van der Waals surface area contributed by atoms with Crippen LogP contribution in [0.25, 0.3) is 10.8 Å². The number of aliphatic hydroxyl groups is 1. The molecule has 0 radical (unpaired) electrons. The van der Waals surface area contributed by atoms with Gasteiger partial charge in [-0.3, -0.25) is 0 Å². The van der Waals surface area contributed by atoms with E-state index in [1.807, 2.05) is 19.1 Å². The maximum atomic E-state index is 10.7. The minimum absolute atomic E-state index is 0.620. The Morgan fingerprint density at radius 3 is 2.29 bits per heavy atom. The maximum Gasteiger partial charge on any atom is 0.119 e. The molecule has 1 atom stereocenters. The van der Waals surface area contributed by atoms with E-state index in [1.165, 1.54) is 5.56 Å². The third-order valence-corrected chi connectivity index (χ3v) is 4.76. The van der Waals surface area contributed by atoms with E-state index in [9.17, 15) is 5.11 Å². The molecular formula is C18H18BrNO. The number of halogens is 1. The van der Waals surface area contributed by atoms with E-state index in [1.54, 1.807) is 0 Å². The first-order chi connectivity index (χ1) is 9.97. The van der Waals surface area contributed by atoms with Gasteiger partial charge in [0.25, 0.3) is 0 Å². The molecule has 0 spiro atoms. The number of hydrogen-bond acceptors (Lipinski definition) is 1. The summed E-state index contributed by atoms with van der Waals surface area (Å²) in [5.74, 6) is 0. The van der Waals surface area contributed by atoms with Crippen molar-refractivity contribution in [2.24, 2.45) is 0 Å². The topological polar surface area (TPSA) is 36.0 Å². The zero-order valence-electron chi connectivity index (χ0n) is 12.4. The second kappa shape index (κ2) is 5.32. The molecule has 1 aromatic heterocycles. The fourth-order valence-electron chi connectivity index (χ4n) is 2.72. The minimum atomic E-state index is -0.620. The van der Waals surface area contributed by atoms with Gasteiger partial charge in [0.1, 0.15) is 6.10 Å². The van der Waals surface area contributed by atoms with Crippen LogP contribution < -0.4 is 0 Å². The van der Waals surface area contributed by atoms with Crippen molar-refractivity contribution in [3.8, 4) is 0 Å². The number of H-pyrrole nitrogens is 1. The van der Waals surface area contributed by atoms with Gasteiger partial charge in [0.05, 0.1) is 5.69 Å². The van der Waals surface area contributed by atoms with Crippen LogP contribution in [0.4, 0.5) is 0 Å². The Bertz CT molecular complexity index is 819. The Kier molecular flexibility index (Phi) is 3.64. The zero-order valence-corrected chi connectivity index (χ0v) is 14.0. The Hall–Kier alpha value is -1.58. The first kappa shape index (κ1) is 14.4. The number of aromatic amines is 1. The largest absolute Gasteiger partial charge is 0.382 e. The number of fused-ring (bicyclic) bond motifs is 1. The van der Waals surface area contributed by atoms with Crippen LogP contribution in [0.1, 0.15) is 34.2 Å². The quantitative estimate of drug-likeness (QED) is 0.679. The SMILES string of the molecule is Cc1[nH]c(C(O)c2ccc3cc(Br)ccc3c2)c(C)c1C. The second-order valence-corrected chi connectivity index (χ2v) is 6.48. The predicted octanol–water partition coefficient (Wildman–Crippen LogP) is 4.94. The van der Waals surface area contributed by atoms with Crippen LogP contribution >= 0.6 is 15.9 Å². The molecule has 1 heterocycles. The van der Waals surface area contributed by atoms with Crippen LogP contribution in [0, 0.1) is 20.8 Å². The van der Waals surface area contributed by atoms with E-state index < -0.39 is 6.10 Å². The van der Waals surface area contributed by atoms with Crippen molar-refractivity contribution < 1.29 is 5.11 Å². The van der Waals surface area contributed by atoms with Crippen molar-refractivity contribution in [3.05, 3.63) is 68.9 Å². The molecule has 3 aromatic rings. The highest BCUT2D eigenvalue weighted by atomic mass is 79.9. The summed E-state index contributed by atoms with van der Waals surface area (Å²) in [6.45, 7) is 6.17. The van der Waals surface area contributed by atoms with Crippen LogP contribution in [0.2, 0.25) is 0 Å². The van der Waals surface area contributed by atoms with Crippen LogP contribution in [0.5, 0.6) is 0 Å². The zero-order chi connectivity index (χ0) is 15.1. The van der Waals surface area contributed by atoms with Crippen molar-refractivity contribution in [1.29, 1.82) is 0 Å². The molecule has 0 saturated heterocycles. The monoisotopic (exact) mass is 343 g/mol. The first-order valence-electron chi connectivity index (χ1n) is 7.00. The summed E-state index contributed by atoms with van der Waals surface area (Å²) < 4.78 is 1.06. The Balaban J connectivity index is 2.06. The first-order valence-corrected chi connectivity index (χ1v) is 7.79. The van der Waals surface area contributed by atoms with Crippen molar-refractivity contribution in [2.75, 3.05) is 0 Å². The number of rotatable bonds is 2. The molecule has 0 fully saturated rings. The van der Waals surface area contributed by atoms with Gasteiger partial charge in [-0.15, -0.1) is 0 Å². The number of aryl methyl sites for hydroxylation is 1. The van der Waals surface area contributed by atoms with Gasteiger partial charge in [0.2, 0.25) is 0 Å². The molecule has 3 heteroatoms. The maximum absolute atomic E-state index is 10.7.